The fraction of sp³-hybridized carbons (Fsp3) is 0.700. The van der Waals surface area contributed by atoms with E-state index in [1.54, 1.807) is 11.8 Å². The molecule has 0 spiro atoms. The first-order valence-electron chi connectivity index (χ1n) is 10.3. The van der Waals surface area contributed by atoms with E-state index in [2.05, 4.69) is 20.4 Å². The lowest BCUT2D eigenvalue weighted by Crippen LogP contribution is -2.44. The van der Waals surface area contributed by atoms with Gasteiger partial charge in [-0.25, -0.2) is 4.79 Å². The van der Waals surface area contributed by atoms with Crippen LogP contribution in [0.25, 0.3) is 0 Å². The van der Waals surface area contributed by atoms with Gasteiger partial charge in [0.25, 0.3) is 0 Å². The second kappa shape index (κ2) is 9.34. The van der Waals surface area contributed by atoms with E-state index in [1.807, 2.05) is 20.8 Å². The molecule has 0 aromatic carbocycles. The Morgan fingerprint density at radius 3 is 2.67 bits per heavy atom. The Morgan fingerprint density at radius 1 is 1.23 bits per heavy atom. The van der Waals surface area contributed by atoms with Crippen molar-refractivity contribution in [3.05, 3.63) is 16.3 Å². The molecule has 0 saturated carbocycles. The number of nitrogens with zero attached hydrogens (tertiary/aromatic N) is 4. The Morgan fingerprint density at radius 2 is 1.97 bits per heavy atom. The van der Waals surface area contributed by atoms with Crippen LogP contribution in [0.15, 0.2) is 0 Å². The average molecular weight is 440 g/mol. The molecule has 1 saturated heterocycles. The number of hydrogen-bond acceptors (Lipinski definition) is 8. The smallest absolute Gasteiger partial charge is 0.410 e. The van der Waals surface area contributed by atoms with Gasteiger partial charge in [-0.3, -0.25) is 14.6 Å². The van der Waals surface area contributed by atoms with Crippen molar-refractivity contribution in [2.75, 3.05) is 31.6 Å². The zero-order chi connectivity index (χ0) is 21.9. The van der Waals surface area contributed by atoms with Gasteiger partial charge < -0.3 is 14.8 Å². The molecule has 1 amide bonds. The lowest BCUT2D eigenvalue weighted by atomic mass is 10.1. The molecule has 0 bridgehead atoms. The van der Waals surface area contributed by atoms with Crippen molar-refractivity contribution in [1.29, 1.82) is 0 Å². The number of rotatable bonds is 5. The van der Waals surface area contributed by atoms with Crippen LogP contribution in [0, 0.1) is 0 Å². The minimum atomic E-state index is -0.572. The Bertz CT molecular complexity index is 798. The molecule has 166 valence electrons. The number of piperidine rings is 1. The normalized spacial score (nSPS) is 19.4. The molecule has 3 heterocycles. The van der Waals surface area contributed by atoms with E-state index >= 15 is 0 Å². The predicted octanol–water partition coefficient (Wildman–Crippen LogP) is 2.82. The number of nitrogens with one attached hydrogen (secondary N) is 1. The Kier molecular flexibility index (Phi) is 7.02. The highest BCUT2D eigenvalue weighted by atomic mass is 35.5. The van der Waals surface area contributed by atoms with E-state index in [1.165, 1.54) is 0 Å². The van der Waals surface area contributed by atoms with Crippen LogP contribution in [0.4, 0.5) is 10.6 Å². The van der Waals surface area contributed by atoms with Gasteiger partial charge in [-0.2, -0.15) is 0 Å². The maximum atomic E-state index is 12.5. The third-order valence-corrected chi connectivity index (χ3v) is 5.29. The molecule has 0 unspecified atom stereocenters. The van der Waals surface area contributed by atoms with Crippen molar-refractivity contribution in [1.82, 2.24) is 20.0 Å². The number of carbonyl (C=O) groups is 2. The highest BCUT2D eigenvalue weighted by molar-refractivity contribution is 6.30. The molecular formula is C20H30ClN5O4. The number of fused-ring (bicyclic) bond motifs is 1. The first-order chi connectivity index (χ1) is 14.2. The minimum absolute atomic E-state index is 0.114. The van der Waals surface area contributed by atoms with Gasteiger partial charge in [0.15, 0.2) is 11.0 Å². The molecule has 2 aliphatic heterocycles. The van der Waals surface area contributed by atoms with Crippen LogP contribution in [-0.2, 0) is 27.4 Å². The molecule has 9 nitrogen and oxygen atoms in total. The maximum Gasteiger partial charge on any atom is 0.410 e. The van der Waals surface area contributed by atoms with E-state index < -0.39 is 5.60 Å². The summed E-state index contributed by atoms with van der Waals surface area (Å²) in [4.78, 5) is 28.0. The molecule has 1 N–H and O–H groups in total. The van der Waals surface area contributed by atoms with E-state index in [9.17, 15) is 9.59 Å². The SMILES string of the molecule is CCOC(=O)CN1CCC[C@@H](Nc2nnc(Cl)c3c2CN(C(=O)OC(C)(C)C)C3)C1. The largest absolute Gasteiger partial charge is 0.465 e. The zero-order valence-electron chi connectivity index (χ0n) is 18.0. The van der Waals surface area contributed by atoms with Crippen LogP contribution in [0.3, 0.4) is 0 Å². The fourth-order valence-corrected chi connectivity index (χ4v) is 3.93. The van der Waals surface area contributed by atoms with E-state index in [-0.39, 0.29) is 24.6 Å². The number of likely N-dealkylation sites (tertiary alicyclic amines) is 1. The predicted molar refractivity (Wildman–Crippen MR) is 112 cm³/mol. The molecule has 3 rings (SSSR count). The summed E-state index contributed by atoms with van der Waals surface area (Å²) in [6.45, 7) is 10.2. The van der Waals surface area contributed by atoms with Crippen molar-refractivity contribution >= 4 is 29.5 Å². The maximum absolute atomic E-state index is 12.5. The number of amides is 1. The second-order valence-electron chi connectivity index (χ2n) is 8.66. The summed E-state index contributed by atoms with van der Waals surface area (Å²) < 4.78 is 10.5. The number of halogens is 1. The summed E-state index contributed by atoms with van der Waals surface area (Å²) in [5.74, 6) is 0.418. The quantitative estimate of drug-likeness (QED) is 0.699. The molecule has 1 aromatic rings. The monoisotopic (exact) mass is 439 g/mol. The summed E-state index contributed by atoms with van der Waals surface area (Å²) in [5, 5.41) is 12.1. The van der Waals surface area contributed by atoms with Crippen LogP contribution >= 0.6 is 11.6 Å². The first-order valence-corrected chi connectivity index (χ1v) is 10.7. The van der Waals surface area contributed by atoms with Crippen LogP contribution < -0.4 is 5.32 Å². The molecular weight excluding hydrogens is 410 g/mol. The van der Waals surface area contributed by atoms with Gasteiger partial charge in [-0.1, -0.05) is 11.6 Å². The molecule has 1 atom stereocenters. The number of esters is 1. The molecule has 0 radical (unpaired) electrons. The molecule has 0 aliphatic carbocycles. The Balaban J connectivity index is 1.67. The van der Waals surface area contributed by atoms with E-state index in [4.69, 9.17) is 21.1 Å². The molecule has 10 heteroatoms. The number of ether oxygens (including phenoxy) is 2. The second-order valence-corrected chi connectivity index (χ2v) is 9.01. The number of carbonyl (C=O) groups excluding carboxylic acids is 2. The number of anilines is 1. The molecule has 1 fully saturated rings. The number of hydrogen-bond donors (Lipinski definition) is 1. The molecule has 1 aromatic heterocycles. The fourth-order valence-electron chi connectivity index (χ4n) is 3.72. The van der Waals surface area contributed by atoms with Crippen molar-refractivity contribution in [3.8, 4) is 0 Å². The van der Waals surface area contributed by atoms with Crippen LogP contribution in [0.1, 0.15) is 51.7 Å². The van der Waals surface area contributed by atoms with Crippen molar-refractivity contribution < 1.29 is 19.1 Å². The van der Waals surface area contributed by atoms with Crippen molar-refractivity contribution in [2.45, 2.75) is 65.3 Å². The van der Waals surface area contributed by atoms with Crippen LogP contribution in [0.5, 0.6) is 0 Å². The minimum Gasteiger partial charge on any atom is -0.465 e. The van der Waals surface area contributed by atoms with Crippen molar-refractivity contribution in [2.24, 2.45) is 0 Å². The van der Waals surface area contributed by atoms with Gasteiger partial charge in [0.1, 0.15) is 5.60 Å². The summed E-state index contributed by atoms with van der Waals surface area (Å²) in [6, 6.07) is 0.114. The van der Waals surface area contributed by atoms with Gasteiger partial charge in [-0.05, 0) is 47.1 Å². The summed E-state index contributed by atoms with van der Waals surface area (Å²) in [5.41, 5.74) is 1.08. The first kappa shape index (κ1) is 22.6. The highest BCUT2D eigenvalue weighted by Gasteiger charge is 2.33. The zero-order valence-corrected chi connectivity index (χ0v) is 18.8. The van der Waals surface area contributed by atoms with Crippen LogP contribution in [-0.4, -0.2) is 69.9 Å². The van der Waals surface area contributed by atoms with Gasteiger partial charge >= 0.3 is 12.1 Å². The van der Waals surface area contributed by atoms with Gasteiger partial charge in [0.2, 0.25) is 0 Å². The third kappa shape index (κ3) is 5.72. The van der Waals surface area contributed by atoms with Crippen molar-refractivity contribution in [3.63, 3.8) is 0 Å². The Hall–Kier alpha value is -2.13. The molecule has 30 heavy (non-hydrogen) atoms. The van der Waals surface area contributed by atoms with Gasteiger partial charge in [-0.15, -0.1) is 10.2 Å². The Labute approximate surface area is 182 Å². The van der Waals surface area contributed by atoms with Crippen LogP contribution in [0.2, 0.25) is 5.15 Å². The summed E-state index contributed by atoms with van der Waals surface area (Å²) >= 11 is 6.26. The lowest BCUT2D eigenvalue weighted by Gasteiger charge is -2.32. The third-order valence-electron chi connectivity index (χ3n) is 4.99. The topological polar surface area (TPSA) is 96.9 Å². The van der Waals surface area contributed by atoms with E-state index in [0.717, 1.165) is 30.5 Å². The highest BCUT2D eigenvalue weighted by Crippen LogP contribution is 2.33. The average Bonchev–Trinajstić information content (AvgIpc) is 3.10. The summed E-state index contributed by atoms with van der Waals surface area (Å²) in [6.07, 6.45) is 1.53. The van der Waals surface area contributed by atoms with Gasteiger partial charge in [0, 0.05) is 23.7 Å². The van der Waals surface area contributed by atoms with E-state index in [0.29, 0.717) is 37.2 Å². The number of aromatic nitrogens is 2. The standard InChI is InChI=1S/C20H30ClN5O4/c1-5-29-16(27)12-25-8-6-7-13(9-25)22-18-15-11-26(19(28)30-20(2,3)4)10-14(15)17(21)23-24-18/h13H,5-12H2,1-4H3,(H,22,24)/t13-/m1/s1. The lowest BCUT2D eigenvalue weighted by molar-refractivity contribution is -0.144. The van der Waals surface area contributed by atoms with Gasteiger partial charge in [0.05, 0.1) is 26.2 Å². The summed E-state index contributed by atoms with van der Waals surface area (Å²) in [7, 11) is 0. The molecule has 2 aliphatic rings.